The molecule has 0 spiro atoms. The lowest BCUT2D eigenvalue weighted by molar-refractivity contribution is -0.126. The van der Waals surface area contributed by atoms with Crippen molar-refractivity contribution in [2.24, 2.45) is 12.8 Å². The summed E-state index contributed by atoms with van der Waals surface area (Å²) in [4.78, 5) is 21.4. The minimum absolute atomic E-state index is 0.0652. The summed E-state index contributed by atoms with van der Waals surface area (Å²) in [7, 11) is 1.99. The number of carbonyl (C=O) groups is 1. The van der Waals surface area contributed by atoms with Crippen molar-refractivity contribution in [2.75, 3.05) is 31.6 Å². The molecule has 2 fully saturated rings. The van der Waals surface area contributed by atoms with Gasteiger partial charge in [-0.3, -0.25) is 9.69 Å². The molecule has 10 heteroatoms. The number of morpholine rings is 1. The Morgan fingerprint density at radius 1 is 1.29 bits per heavy atom. The van der Waals surface area contributed by atoms with Gasteiger partial charge in [0.2, 0.25) is 5.91 Å². The molecule has 1 amide bonds. The van der Waals surface area contributed by atoms with Crippen LogP contribution in [0.3, 0.4) is 0 Å². The monoisotopic (exact) mass is 539 g/mol. The maximum Gasteiger partial charge on any atom is 0.246 e. The average Bonchev–Trinajstić information content (AvgIpc) is 3.60. The van der Waals surface area contributed by atoms with E-state index in [9.17, 15) is 9.90 Å². The third-order valence-electron chi connectivity index (χ3n) is 8.31. The quantitative estimate of drug-likeness (QED) is 0.400. The van der Waals surface area contributed by atoms with E-state index in [1.165, 1.54) is 10.4 Å². The number of fused-ring (bicyclic) bond motifs is 3. The topological polar surface area (TPSA) is 115 Å². The fraction of sp³-hybridized carbons (Fsp3) is 0.571. The first kappa shape index (κ1) is 25.6. The molecular weight excluding hydrogens is 502 g/mol. The predicted octanol–water partition coefficient (Wildman–Crippen LogP) is 3.67. The predicted molar refractivity (Wildman–Crippen MR) is 148 cm³/mol. The van der Waals surface area contributed by atoms with Crippen LogP contribution in [0.1, 0.15) is 54.9 Å². The summed E-state index contributed by atoms with van der Waals surface area (Å²) in [6.45, 7) is 3.71. The second-order valence-electron chi connectivity index (χ2n) is 10.9. The Balaban J connectivity index is 1.28. The molecule has 3 aromatic heterocycles. The van der Waals surface area contributed by atoms with E-state index < -0.39 is 12.0 Å². The molecule has 1 saturated heterocycles. The van der Waals surface area contributed by atoms with Gasteiger partial charge < -0.3 is 30.2 Å². The smallest absolute Gasteiger partial charge is 0.246 e. The molecule has 4 heterocycles. The molecule has 38 heavy (non-hydrogen) atoms. The van der Waals surface area contributed by atoms with E-state index in [1.807, 2.05) is 36.1 Å². The molecule has 0 aromatic carbocycles. The summed E-state index contributed by atoms with van der Waals surface area (Å²) in [5, 5.41) is 14.7. The minimum atomic E-state index is -1.15. The van der Waals surface area contributed by atoms with Gasteiger partial charge in [0.15, 0.2) is 0 Å². The zero-order valence-electron chi connectivity index (χ0n) is 21.9. The van der Waals surface area contributed by atoms with Crippen LogP contribution in [-0.4, -0.2) is 70.0 Å². The number of aliphatic hydroxyl groups is 1. The van der Waals surface area contributed by atoms with Gasteiger partial charge in [-0.2, -0.15) is 0 Å². The molecule has 2 aliphatic carbocycles. The Kier molecular flexibility index (Phi) is 7.31. The maximum absolute atomic E-state index is 11.6. The number of thiophene rings is 1. The van der Waals surface area contributed by atoms with Gasteiger partial charge >= 0.3 is 0 Å². The van der Waals surface area contributed by atoms with Crippen molar-refractivity contribution in [2.45, 2.75) is 69.1 Å². The molecule has 3 aromatic rings. The first-order chi connectivity index (χ1) is 18.4. The van der Waals surface area contributed by atoms with E-state index in [4.69, 9.17) is 20.2 Å². The number of primary amides is 1. The van der Waals surface area contributed by atoms with Gasteiger partial charge in [0.25, 0.3) is 0 Å². The Bertz CT molecular complexity index is 1290. The number of aryl methyl sites for hydroxylation is 2. The highest BCUT2D eigenvalue weighted by Crippen LogP contribution is 2.49. The van der Waals surface area contributed by atoms with Crippen LogP contribution in [0.2, 0.25) is 0 Å². The molecule has 0 radical (unpaired) electrons. The van der Waals surface area contributed by atoms with E-state index in [0.717, 1.165) is 92.3 Å². The number of rotatable bonds is 8. The fourth-order valence-electron chi connectivity index (χ4n) is 6.35. The molecule has 0 unspecified atom stereocenters. The van der Waals surface area contributed by atoms with Crippen LogP contribution in [0.15, 0.2) is 24.5 Å². The highest BCUT2D eigenvalue weighted by atomic mass is 32.1. The number of anilines is 2. The highest BCUT2D eigenvalue weighted by Gasteiger charge is 2.34. The van der Waals surface area contributed by atoms with E-state index in [0.29, 0.717) is 12.5 Å². The van der Waals surface area contributed by atoms with Crippen molar-refractivity contribution in [1.82, 2.24) is 14.5 Å². The zero-order chi connectivity index (χ0) is 26.2. The maximum atomic E-state index is 11.6. The van der Waals surface area contributed by atoms with Crippen molar-refractivity contribution in [3.05, 3.63) is 35.0 Å². The number of carbonyl (C=O) groups excluding carboxylic acids is 1. The van der Waals surface area contributed by atoms with Crippen LogP contribution in [-0.2, 0) is 23.0 Å². The van der Waals surface area contributed by atoms with Gasteiger partial charge in [-0.25, -0.2) is 4.98 Å². The van der Waals surface area contributed by atoms with Crippen LogP contribution >= 0.6 is 11.3 Å². The van der Waals surface area contributed by atoms with Crippen LogP contribution in [0, 0.1) is 0 Å². The lowest BCUT2D eigenvalue weighted by atomic mass is 9.91. The van der Waals surface area contributed by atoms with Gasteiger partial charge in [-0.05, 0) is 62.5 Å². The number of pyridine rings is 1. The summed E-state index contributed by atoms with van der Waals surface area (Å²) in [5.41, 5.74) is 7.55. The van der Waals surface area contributed by atoms with Gasteiger partial charge in [0, 0.05) is 49.5 Å². The molecular formula is C28H37N5O4S. The van der Waals surface area contributed by atoms with E-state index in [2.05, 4.69) is 10.2 Å². The van der Waals surface area contributed by atoms with Crippen LogP contribution < -0.4 is 15.8 Å². The zero-order valence-corrected chi connectivity index (χ0v) is 22.7. The summed E-state index contributed by atoms with van der Waals surface area (Å²) in [6.07, 6.45) is 9.46. The molecule has 3 aliphatic rings. The lowest BCUT2D eigenvalue weighted by Gasteiger charge is -2.38. The Hall–Kier alpha value is -2.66. The normalized spacial score (nSPS) is 24.8. The molecule has 0 bridgehead atoms. The lowest BCUT2D eigenvalue weighted by Crippen LogP contribution is -2.46. The van der Waals surface area contributed by atoms with Crippen LogP contribution in [0.25, 0.3) is 10.2 Å². The Labute approximate surface area is 226 Å². The van der Waals surface area contributed by atoms with Crippen molar-refractivity contribution in [1.29, 1.82) is 0 Å². The Morgan fingerprint density at radius 2 is 2.08 bits per heavy atom. The number of aliphatic hydroxyl groups excluding tert-OH is 1. The van der Waals surface area contributed by atoms with E-state index in [1.54, 1.807) is 11.3 Å². The number of amides is 1. The second-order valence-corrected chi connectivity index (χ2v) is 12.0. The van der Waals surface area contributed by atoms with Crippen molar-refractivity contribution < 1.29 is 19.4 Å². The summed E-state index contributed by atoms with van der Waals surface area (Å²) < 4.78 is 14.3. The molecule has 2 atom stereocenters. The third-order valence-corrected chi connectivity index (χ3v) is 9.47. The molecule has 1 aliphatic heterocycles. The van der Waals surface area contributed by atoms with Crippen molar-refractivity contribution >= 4 is 39.0 Å². The van der Waals surface area contributed by atoms with Crippen LogP contribution in [0.4, 0.5) is 11.5 Å². The van der Waals surface area contributed by atoms with Crippen molar-refractivity contribution in [3.8, 4) is 5.75 Å². The molecule has 204 valence electrons. The SMILES string of the molecule is Cn1ccc(Nc2cc(O[C@H]3CC[C@H](N4CCOCC4)CC3)c3c4c(sc3n2)CC[C@@H]4C[C@H](O)C(N)=O)c1. The first-order valence-corrected chi connectivity index (χ1v) is 14.6. The van der Waals surface area contributed by atoms with Crippen molar-refractivity contribution in [3.63, 3.8) is 0 Å². The van der Waals surface area contributed by atoms with Gasteiger partial charge in [-0.1, -0.05) is 0 Å². The Morgan fingerprint density at radius 3 is 2.79 bits per heavy atom. The number of hydrogen-bond acceptors (Lipinski definition) is 8. The average molecular weight is 540 g/mol. The number of aromatic nitrogens is 2. The number of ether oxygens (including phenoxy) is 2. The number of nitrogens with one attached hydrogen (secondary N) is 1. The molecule has 4 N–H and O–H groups in total. The summed E-state index contributed by atoms with van der Waals surface area (Å²) in [6, 6.07) is 4.65. The minimum Gasteiger partial charge on any atom is -0.490 e. The van der Waals surface area contributed by atoms with Gasteiger partial charge in [0.1, 0.15) is 22.5 Å². The molecule has 6 rings (SSSR count). The summed E-state index contributed by atoms with van der Waals surface area (Å²) >= 11 is 1.70. The number of hydrogen-bond donors (Lipinski definition) is 3. The molecule has 9 nitrogen and oxygen atoms in total. The fourth-order valence-corrected chi connectivity index (χ4v) is 7.64. The number of nitrogens with zero attached hydrogens (tertiary/aromatic N) is 3. The highest BCUT2D eigenvalue weighted by molar-refractivity contribution is 7.19. The summed E-state index contributed by atoms with van der Waals surface area (Å²) in [5.74, 6) is 1.00. The van der Waals surface area contributed by atoms with Gasteiger partial charge in [-0.15, -0.1) is 11.3 Å². The van der Waals surface area contributed by atoms with Crippen LogP contribution in [0.5, 0.6) is 5.75 Å². The number of nitrogens with two attached hydrogens (primary N) is 1. The van der Waals surface area contributed by atoms with Gasteiger partial charge in [0.05, 0.1) is 30.4 Å². The molecule has 1 saturated carbocycles. The van der Waals surface area contributed by atoms with E-state index in [-0.39, 0.29) is 12.0 Å². The largest absolute Gasteiger partial charge is 0.490 e. The van der Waals surface area contributed by atoms with E-state index >= 15 is 0 Å². The second kappa shape index (κ2) is 10.8. The first-order valence-electron chi connectivity index (χ1n) is 13.8. The standard InChI is InChI=1S/C28H37N5O4S/c1-32-9-8-18(16-32)30-24-15-22(37-20-5-3-19(4-6-20)33-10-12-36-13-11-33)26-25-17(14-21(34)27(29)35)2-7-23(25)38-28(26)31-24/h8-9,15-17,19-21,34H,2-7,10-14H2,1H3,(H2,29,35)(H,30,31)/t17-,19-,20-,21+/m1/s1. The third kappa shape index (κ3) is 5.27.